The molecule has 0 bridgehead atoms. The van der Waals surface area contributed by atoms with Gasteiger partial charge in [-0.25, -0.2) is 4.98 Å². The summed E-state index contributed by atoms with van der Waals surface area (Å²) in [7, 11) is 0. The lowest BCUT2D eigenvalue weighted by Gasteiger charge is -2.00. The first-order chi connectivity index (χ1) is 8.72. The molecule has 2 aromatic rings. The molecule has 94 valence electrons. The highest BCUT2D eigenvalue weighted by Gasteiger charge is 2.20. The van der Waals surface area contributed by atoms with Gasteiger partial charge in [0.15, 0.2) is 0 Å². The molecule has 1 aliphatic rings. The summed E-state index contributed by atoms with van der Waals surface area (Å²) >= 11 is 5.82. The first kappa shape index (κ1) is 12.6. The van der Waals surface area contributed by atoms with E-state index in [2.05, 4.69) is 54.9 Å². The molecule has 3 nitrogen and oxygen atoms in total. The molecule has 1 heterocycles. The van der Waals surface area contributed by atoms with Gasteiger partial charge in [0.2, 0.25) is 5.89 Å². The number of nitrogens with zero attached hydrogens (tertiary/aromatic N) is 1. The van der Waals surface area contributed by atoms with E-state index in [0.717, 1.165) is 22.3 Å². The number of hydrogen-bond donors (Lipinski definition) is 1. The maximum atomic E-state index is 5.55. The minimum atomic E-state index is 0.674. The molecule has 0 unspecified atom stereocenters. The lowest BCUT2D eigenvalue weighted by atomic mass is 10.2. The summed E-state index contributed by atoms with van der Waals surface area (Å²) in [5, 5.41) is 3.43. The summed E-state index contributed by atoms with van der Waals surface area (Å²) in [6.07, 6.45) is 4.30. The van der Waals surface area contributed by atoms with E-state index in [-0.39, 0.29) is 0 Å². The first-order valence-electron chi connectivity index (χ1n) is 5.85. The minimum absolute atomic E-state index is 0.674. The van der Waals surface area contributed by atoms with Gasteiger partial charge in [-0.2, -0.15) is 0 Å². The van der Waals surface area contributed by atoms with Crippen LogP contribution in [0.3, 0.4) is 0 Å². The fourth-order valence-corrected chi connectivity index (χ4v) is 2.62. The molecule has 1 aromatic heterocycles. The highest BCUT2D eigenvalue weighted by molar-refractivity contribution is 14.1. The van der Waals surface area contributed by atoms with Crippen molar-refractivity contribution in [3.8, 4) is 11.5 Å². The van der Waals surface area contributed by atoms with E-state index in [9.17, 15) is 0 Å². The summed E-state index contributed by atoms with van der Waals surface area (Å²) in [5.41, 5.74) is 1.96. The molecule has 0 saturated heterocycles. The second kappa shape index (κ2) is 5.30. The molecule has 1 fully saturated rings. The van der Waals surface area contributed by atoms with Gasteiger partial charge in [-0.1, -0.05) is 0 Å². The average molecular weight is 419 g/mol. The highest BCUT2D eigenvalue weighted by Crippen LogP contribution is 2.29. The molecule has 1 aliphatic carbocycles. The van der Waals surface area contributed by atoms with Crippen LogP contribution in [0, 0.1) is 3.57 Å². The summed E-state index contributed by atoms with van der Waals surface area (Å²) in [6, 6.07) is 6.82. The minimum Gasteiger partial charge on any atom is -0.444 e. The van der Waals surface area contributed by atoms with E-state index in [4.69, 9.17) is 4.42 Å². The second-order valence-corrected chi connectivity index (χ2v) is 6.52. The van der Waals surface area contributed by atoms with Crippen LogP contribution in [0.5, 0.6) is 0 Å². The van der Waals surface area contributed by atoms with Crippen LogP contribution >= 0.6 is 38.5 Å². The van der Waals surface area contributed by atoms with Crippen molar-refractivity contribution < 1.29 is 4.42 Å². The van der Waals surface area contributed by atoms with Crippen LogP contribution in [0.4, 0.5) is 0 Å². The third-order valence-corrected chi connectivity index (χ3v) is 4.22. The van der Waals surface area contributed by atoms with Crippen molar-refractivity contribution in [2.45, 2.75) is 25.4 Å². The molecule has 0 spiro atoms. The molecule has 3 rings (SSSR count). The van der Waals surface area contributed by atoms with Gasteiger partial charge in [0, 0.05) is 20.6 Å². The topological polar surface area (TPSA) is 38.1 Å². The first-order valence-corrected chi connectivity index (χ1v) is 7.73. The number of oxazole rings is 1. The Morgan fingerprint density at radius 1 is 1.44 bits per heavy atom. The number of aromatic nitrogens is 1. The van der Waals surface area contributed by atoms with Crippen molar-refractivity contribution in [1.82, 2.24) is 10.3 Å². The standard InChI is InChI=1S/C13H12BrIN2O/c14-12-4-1-8(15)5-11(12)13-17-10(7-18-13)6-16-9-2-3-9/h1,4-5,7,9,16H,2-3,6H2. The van der Waals surface area contributed by atoms with Gasteiger partial charge in [0.25, 0.3) is 0 Å². The average Bonchev–Trinajstić information content (AvgIpc) is 3.08. The summed E-state index contributed by atoms with van der Waals surface area (Å²) in [4.78, 5) is 4.52. The maximum absolute atomic E-state index is 5.55. The van der Waals surface area contributed by atoms with Crippen LogP contribution in [0.1, 0.15) is 18.5 Å². The molecule has 18 heavy (non-hydrogen) atoms. The Kier molecular flexibility index (Phi) is 3.72. The Bertz CT molecular complexity index is 566. The Morgan fingerprint density at radius 3 is 3.06 bits per heavy atom. The molecular formula is C13H12BrIN2O. The van der Waals surface area contributed by atoms with Crippen molar-refractivity contribution in [3.63, 3.8) is 0 Å². The van der Waals surface area contributed by atoms with Gasteiger partial charge in [-0.15, -0.1) is 0 Å². The van der Waals surface area contributed by atoms with Crippen LogP contribution in [0.15, 0.2) is 33.4 Å². The van der Waals surface area contributed by atoms with E-state index in [0.29, 0.717) is 11.9 Å². The molecule has 0 radical (unpaired) electrons. The van der Waals surface area contributed by atoms with Crippen LogP contribution in [0.25, 0.3) is 11.5 Å². The quantitative estimate of drug-likeness (QED) is 0.763. The van der Waals surface area contributed by atoms with Crippen LogP contribution in [-0.2, 0) is 6.54 Å². The third-order valence-electron chi connectivity index (χ3n) is 2.86. The van der Waals surface area contributed by atoms with Crippen molar-refractivity contribution in [2.24, 2.45) is 0 Å². The van der Waals surface area contributed by atoms with E-state index < -0.39 is 0 Å². The van der Waals surface area contributed by atoms with Crippen molar-refractivity contribution in [2.75, 3.05) is 0 Å². The van der Waals surface area contributed by atoms with Crippen LogP contribution in [-0.4, -0.2) is 11.0 Å². The fourth-order valence-electron chi connectivity index (χ4n) is 1.71. The van der Waals surface area contributed by atoms with E-state index in [1.165, 1.54) is 16.4 Å². The Morgan fingerprint density at radius 2 is 2.28 bits per heavy atom. The second-order valence-electron chi connectivity index (χ2n) is 4.42. The zero-order valence-electron chi connectivity index (χ0n) is 9.62. The molecule has 1 saturated carbocycles. The third kappa shape index (κ3) is 2.95. The smallest absolute Gasteiger partial charge is 0.227 e. The molecule has 5 heteroatoms. The van der Waals surface area contributed by atoms with Crippen LogP contribution in [0.2, 0.25) is 0 Å². The molecule has 1 N–H and O–H groups in total. The lowest BCUT2D eigenvalue weighted by molar-refractivity contribution is 0.569. The summed E-state index contributed by atoms with van der Waals surface area (Å²) in [6.45, 7) is 0.787. The number of hydrogen-bond acceptors (Lipinski definition) is 3. The summed E-state index contributed by atoms with van der Waals surface area (Å²) < 4.78 is 7.73. The molecular weight excluding hydrogens is 407 g/mol. The molecule has 0 aliphatic heterocycles. The number of rotatable bonds is 4. The predicted octanol–water partition coefficient (Wildman–Crippen LogP) is 3.96. The number of nitrogens with one attached hydrogen (secondary N) is 1. The number of halogens is 2. The van der Waals surface area contributed by atoms with E-state index in [1.54, 1.807) is 6.26 Å². The molecule has 1 aromatic carbocycles. The van der Waals surface area contributed by atoms with E-state index >= 15 is 0 Å². The van der Waals surface area contributed by atoms with Crippen molar-refractivity contribution in [3.05, 3.63) is 38.2 Å². The van der Waals surface area contributed by atoms with Gasteiger partial charge in [-0.3, -0.25) is 0 Å². The zero-order chi connectivity index (χ0) is 12.5. The maximum Gasteiger partial charge on any atom is 0.227 e. The van der Waals surface area contributed by atoms with Gasteiger partial charge in [-0.05, 0) is 69.6 Å². The van der Waals surface area contributed by atoms with Gasteiger partial charge in [0.05, 0.1) is 11.3 Å². The van der Waals surface area contributed by atoms with Crippen molar-refractivity contribution in [1.29, 1.82) is 0 Å². The Labute approximate surface area is 128 Å². The van der Waals surface area contributed by atoms with Gasteiger partial charge >= 0.3 is 0 Å². The van der Waals surface area contributed by atoms with Crippen molar-refractivity contribution >= 4 is 38.5 Å². The van der Waals surface area contributed by atoms with Gasteiger partial charge < -0.3 is 9.73 Å². The van der Waals surface area contributed by atoms with E-state index in [1.807, 2.05) is 12.1 Å². The molecule has 0 atom stereocenters. The summed E-state index contributed by atoms with van der Waals surface area (Å²) in [5.74, 6) is 0.674. The van der Waals surface area contributed by atoms with Gasteiger partial charge in [0.1, 0.15) is 6.26 Å². The Balaban J connectivity index is 1.80. The molecule has 0 amide bonds. The zero-order valence-corrected chi connectivity index (χ0v) is 13.4. The predicted molar refractivity (Wildman–Crippen MR) is 82.2 cm³/mol. The Hall–Kier alpha value is -0.400. The monoisotopic (exact) mass is 418 g/mol. The normalized spacial score (nSPS) is 15.0. The fraction of sp³-hybridized carbons (Fsp3) is 0.308. The largest absolute Gasteiger partial charge is 0.444 e. The number of benzene rings is 1. The lowest BCUT2D eigenvalue weighted by Crippen LogP contribution is -2.15. The highest BCUT2D eigenvalue weighted by atomic mass is 127. The van der Waals surface area contributed by atoms with Crippen LogP contribution < -0.4 is 5.32 Å². The SMILES string of the molecule is Brc1ccc(I)cc1-c1nc(CNC2CC2)co1.